The highest BCUT2D eigenvalue weighted by molar-refractivity contribution is 8.00. The second-order valence-electron chi connectivity index (χ2n) is 4.74. The molecule has 1 aromatic rings. The summed E-state index contributed by atoms with van der Waals surface area (Å²) in [6, 6.07) is 4.67. The molecule has 0 aliphatic carbocycles. The van der Waals surface area contributed by atoms with Gasteiger partial charge in [-0.1, -0.05) is 6.92 Å². The van der Waals surface area contributed by atoms with Gasteiger partial charge in [0.15, 0.2) is 0 Å². The topological polar surface area (TPSA) is 55.1 Å². The lowest BCUT2D eigenvalue weighted by atomic mass is 9.91. The first-order chi connectivity index (χ1) is 8.44. The molecule has 0 radical (unpaired) electrons. The number of amides is 1. The van der Waals surface area contributed by atoms with Crippen molar-refractivity contribution in [2.24, 2.45) is 5.73 Å². The number of hydrogen-bond acceptors (Lipinski definition) is 3. The Morgan fingerprint density at radius 1 is 1.56 bits per heavy atom. The first kappa shape index (κ1) is 13.2. The second kappa shape index (κ2) is 4.80. The van der Waals surface area contributed by atoms with Gasteiger partial charge in [0.1, 0.15) is 11.4 Å². The van der Waals surface area contributed by atoms with E-state index in [4.69, 9.17) is 5.73 Å². The Morgan fingerprint density at radius 3 is 2.78 bits per heavy atom. The number of hydrogen-bond donors (Lipinski definition) is 2. The molecule has 1 aliphatic heterocycles. The lowest BCUT2D eigenvalue weighted by Gasteiger charge is -2.31. The first-order valence-electron chi connectivity index (χ1n) is 5.91. The van der Waals surface area contributed by atoms with Crippen molar-refractivity contribution in [2.75, 3.05) is 11.1 Å². The molecule has 0 bridgehead atoms. The smallest absolute Gasteiger partial charge is 0.244 e. The lowest BCUT2D eigenvalue weighted by molar-refractivity contribution is -0.122. The largest absolute Gasteiger partial charge is 0.370 e. The number of carbonyl (C=O) groups is 1. The molecule has 2 rings (SSSR count). The summed E-state index contributed by atoms with van der Waals surface area (Å²) in [5.41, 5.74) is 6.19. The van der Waals surface area contributed by atoms with E-state index in [2.05, 4.69) is 5.32 Å². The van der Waals surface area contributed by atoms with E-state index in [1.54, 1.807) is 11.8 Å². The van der Waals surface area contributed by atoms with Crippen LogP contribution in [-0.2, 0) is 4.79 Å². The van der Waals surface area contributed by atoms with Crippen LogP contribution in [-0.4, -0.2) is 22.4 Å². The number of carbonyl (C=O) groups excluding carboxylic acids is 1. The molecule has 3 nitrogen and oxygen atoms in total. The zero-order valence-electron chi connectivity index (χ0n) is 10.5. The van der Waals surface area contributed by atoms with Crippen molar-refractivity contribution < 1.29 is 9.18 Å². The van der Waals surface area contributed by atoms with E-state index in [0.717, 1.165) is 11.3 Å². The lowest BCUT2D eigenvalue weighted by Crippen LogP contribution is -2.54. The predicted molar refractivity (Wildman–Crippen MR) is 73.2 cm³/mol. The third-order valence-electron chi connectivity index (χ3n) is 3.41. The minimum absolute atomic E-state index is 0.0820. The number of anilines is 1. The number of nitrogens with one attached hydrogen (secondary N) is 1. The Kier molecular flexibility index (Phi) is 3.52. The summed E-state index contributed by atoms with van der Waals surface area (Å²) in [7, 11) is 0. The molecule has 1 saturated heterocycles. The molecule has 3 N–H and O–H groups in total. The Hall–Kier alpha value is -1.23. The summed E-state index contributed by atoms with van der Waals surface area (Å²) in [6.07, 6.45) is 0.670. The van der Waals surface area contributed by atoms with E-state index in [1.807, 2.05) is 19.9 Å². The number of aryl methyl sites for hydroxylation is 1. The Balaban J connectivity index is 2.32. The molecule has 2 unspecified atom stereocenters. The number of nitrogens with two attached hydrogens (primary N) is 1. The van der Waals surface area contributed by atoms with Crippen LogP contribution in [0.2, 0.25) is 0 Å². The van der Waals surface area contributed by atoms with Crippen LogP contribution in [0.3, 0.4) is 0 Å². The van der Waals surface area contributed by atoms with Crippen molar-refractivity contribution >= 4 is 23.4 Å². The zero-order valence-corrected chi connectivity index (χ0v) is 11.3. The molecule has 1 fully saturated rings. The van der Waals surface area contributed by atoms with Crippen LogP contribution in [0.5, 0.6) is 0 Å². The number of primary amides is 1. The maximum absolute atomic E-state index is 13.4. The average molecular weight is 268 g/mol. The highest BCUT2D eigenvalue weighted by atomic mass is 32.2. The van der Waals surface area contributed by atoms with Gasteiger partial charge >= 0.3 is 0 Å². The fourth-order valence-electron chi connectivity index (χ4n) is 2.36. The van der Waals surface area contributed by atoms with E-state index < -0.39 is 5.54 Å². The fraction of sp³-hybridized carbons (Fsp3) is 0.462. The Bertz CT molecular complexity index is 460. The minimum atomic E-state index is -0.773. The van der Waals surface area contributed by atoms with Gasteiger partial charge in [0.2, 0.25) is 5.91 Å². The summed E-state index contributed by atoms with van der Waals surface area (Å²) in [5, 5.41) is 3.23. The fourth-order valence-corrected chi connectivity index (χ4v) is 3.73. The van der Waals surface area contributed by atoms with Crippen LogP contribution in [0.1, 0.15) is 18.9 Å². The minimum Gasteiger partial charge on any atom is -0.370 e. The molecule has 1 aliphatic rings. The molecule has 98 valence electrons. The van der Waals surface area contributed by atoms with E-state index in [9.17, 15) is 9.18 Å². The highest BCUT2D eigenvalue weighted by Crippen LogP contribution is 2.38. The summed E-state index contributed by atoms with van der Waals surface area (Å²) >= 11 is 1.70. The quantitative estimate of drug-likeness (QED) is 0.884. The van der Waals surface area contributed by atoms with Gasteiger partial charge in [-0.2, -0.15) is 11.8 Å². The van der Waals surface area contributed by atoms with Gasteiger partial charge in [0.25, 0.3) is 0 Å². The third-order valence-corrected chi connectivity index (χ3v) is 4.75. The van der Waals surface area contributed by atoms with Crippen LogP contribution in [0.4, 0.5) is 10.1 Å². The molecule has 18 heavy (non-hydrogen) atoms. The van der Waals surface area contributed by atoms with Crippen molar-refractivity contribution in [3.63, 3.8) is 0 Å². The molecular formula is C13H17FN2OS. The predicted octanol–water partition coefficient (Wildman–Crippen LogP) is 2.30. The Labute approximate surface area is 110 Å². The number of halogens is 1. The Morgan fingerprint density at radius 2 is 2.28 bits per heavy atom. The van der Waals surface area contributed by atoms with Gasteiger partial charge < -0.3 is 11.1 Å². The molecule has 1 amide bonds. The van der Waals surface area contributed by atoms with Crippen LogP contribution in [0, 0.1) is 12.7 Å². The standard InChI is InChI=1S/C13H17FN2OS/c1-8-5-10(14)7-11(6-8)16-13(12(15)17)3-4-18-9(13)2/h5-7,9,16H,3-4H2,1-2H3,(H2,15,17). The third kappa shape index (κ3) is 2.32. The number of benzene rings is 1. The molecule has 0 saturated carbocycles. The number of thioether (sulfide) groups is 1. The normalized spacial score (nSPS) is 27.2. The summed E-state index contributed by atoms with van der Waals surface area (Å²) < 4.78 is 13.4. The maximum atomic E-state index is 13.4. The highest BCUT2D eigenvalue weighted by Gasteiger charge is 2.46. The van der Waals surface area contributed by atoms with Crippen molar-refractivity contribution in [3.8, 4) is 0 Å². The van der Waals surface area contributed by atoms with Crippen LogP contribution >= 0.6 is 11.8 Å². The molecule has 1 aromatic carbocycles. The van der Waals surface area contributed by atoms with E-state index >= 15 is 0 Å². The molecule has 5 heteroatoms. The van der Waals surface area contributed by atoms with Crippen molar-refractivity contribution in [3.05, 3.63) is 29.6 Å². The SMILES string of the molecule is Cc1cc(F)cc(NC2(C(N)=O)CCSC2C)c1. The van der Waals surface area contributed by atoms with Gasteiger partial charge in [-0.15, -0.1) is 0 Å². The first-order valence-corrected chi connectivity index (χ1v) is 6.96. The monoisotopic (exact) mass is 268 g/mol. The van der Waals surface area contributed by atoms with E-state index in [1.165, 1.54) is 12.1 Å². The zero-order chi connectivity index (χ0) is 13.3. The van der Waals surface area contributed by atoms with Gasteiger partial charge in [-0.25, -0.2) is 4.39 Å². The molecule has 0 spiro atoms. The van der Waals surface area contributed by atoms with Gasteiger partial charge in [-0.05, 0) is 42.9 Å². The summed E-state index contributed by atoms with van der Waals surface area (Å²) in [5.74, 6) is 0.197. The van der Waals surface area contributed by atoms with E-state index in [0.29, 0.717) is 12.1 Å². The molecule has 1 heterocycles. The van der Waals surface area contributed by atoms with Crippen molar-refractivity contribution in [2.45, 2.75) is 31.1 Å². The van der Waals surface area contributed by atoms with Crippen LogP contribution in [0.25, 0.3) is 0 Å². The van der Waals surface area contributed by atoms with Crippen LogP contribution in [0.15, 0.2) is 18.2 Å². The van der Waals surface area contributed by atoms with Gasteiger partial charge in [0, 0.05) is 10.9 Å². The van der Waals surface area contributed by atoms with Crippen LogP contribution < -0.4 is 11.1 Å². The molecule has 2 atom stereocenters. The number of rotatable bonds is 3. The van der Waals surface area contributed by atoms with Crippen molar-refractivity contribution in [1.29, 1.82) is 0 Å². The second-order valence-corrected chi connectivity index (χ2v) is 6.19. The molecular weight excluding hydrogens is 251 g/mol. The summed E-state index contributed by atoms with van der Waals surface area (Å²) in [4.78, 5) is 11.8. The summed E-state index contributed by atoms with van der Waals surface area (Å²) in [6.45, 7) is 3.79. The average Bonchev–Trinajstić information content (AvgIpc) is 2.59. The van der Waals surface area contributed by atoms with Crippen molar-refractivity contribution in [1.82, 2.24) is 0 Å². The van der Waals surface area contributed by atoms with Gasteiger partial charge in [0.05, 0.1) is 0 Å². The maximum Gasteiger partial charge on any atom is 0.244 e. The van der Waals surface area contributed by atoms with Gasteiger partial charge in [-0.3, -0.25) is 4.79 Å². The molecule has 0 aromatic heterocycles. The van der Waals surface area contributed by atoms with E-state index in [-0.39, 0.29) is 17.0 Å².